The zero-order valence-corrected chi connectivity index (χ0v) is 11.1. The van der Waals surface area contributed by atoms with E-state index in [4.69, 9.17) is 10.5 Å². The van der Waals surface area contributed by atoms with Gasteiger partial charge in [-0.1, -0.05) is 0 Å². The Bertz CT molecular complexity index is 389. The van der Waals surface area contributed by atoms with Crippen molar-refractivity contribution in [2.45, 2.75) is 12.8 Å². The quantitative estimate of drug-likeness (QED) is 0.846. The van der Waals surface area contributed by atoms with Crippen molar-refractivity contribution in [3.63, 3.8) is 0 Å². The SMILES string of the molecule is COc1ccc(N)c(NCC2CCN(C)CC2)n1. The van der Waals surface area contributed by atoms with E-state index >= 15 is 0 Å². The maximum atomic E-state index is 5.89. The third kappa shape index (κ3) is 3.26. The zero-order chi connectivity index (χ0) is 13.0. The lowest BCUT2D eigenvalue weighted by Gasteiger charge is -2.29. The molecule has 0 atom stereocenters. The molecule has 0 spiro atoms. The molecular weight excluding hydrogens is 228 g/mol. The highest BCUT2D eigenvalue weighted by Crippen LogP contribution is 2.21. The zero-order valence-electron chi connectivity index (χ0n) is 11.1. The first-order valence-corrected chi connectivity index (χ1v) is 6.42. The maximum absolute atomic E-state index is 5.89. The Morgan fingerprint density at radius 2 is 2.17 bits per heavy atom. The van der Waals surface area contributed by atoms with Gasteiger partial charge in [-0.2, -0.15) is 4.98 Å². The smallest absolute Gasteiger partial charge is 0.215 e. The number of nitrogens with one attached hydrogen (secondary N) is 1. The summed E-state index contributed by atoms with van der Waals surface area (Å²) in [4.78, 5) is 6.69. The van der Waals surface area contributed by atoms with E-state index in [1.807, 2.05) is 6.07 Å². The lowest BCUT2D eigenvalue weighted by Crippen LogP contribution is -2.33. The van der Waals surface area contributed by atoms with Crippen LogP contribution in [0.3, 0.4) is 0 Å². The molecule has 1 fully saturated rings. The Morgan fingerprint density at radius 1 is 1.44 bits per heavy atom. The van der Waals surface area contributed by atoms with Crippen LogP contribution in [0.5, 0.6) is 5.88 Å². The normalized spacial score (nSPS) is 17.7. The van der Waals surface area contributed by atoms with Crippen LogP contribution in [0.15, 0.2) is 12.1 Å². The number of rotatable bonds is 4. The first-order chi connectivity index (χ1) is 8.69. The number of anilines is 2. The second-order valence-electron chi connectivity index (χ2n) is 4.92. The molecule has 1 aromatic heterocycles. The van der Waals surface area contributed by atoms with Crippen molar-refractivity contribution >= 4 is 11.5 Å². The molecule has 0 amide bonds. The monoisotopic (exact) mass is 250 g/mol. The molecule has 1 saturated heterocycles. The number of hydrogen-bond acceptors (Lipinski definition) is 5. The van der Waals surface area contributed by atoms with E-state index in [-0.39, 0.29) is 0 Å². The molecule has 5 nitrogen and oxygen atoms in total. The van der Waals surface area contributed by atoms with Crippen LogP contribution in [0.25, 0.3) is 0 Å². The minimum absolute atomic E-state index is 0.593. The molecule has 100 valence electrons. The number of hydrogen-bond donors (Lipinski definition) is 2. The van der Waals surface area contributed by atoms with Crippen LogP contribution in [0.1, 0.15) is 12.8 Å². The van der Waals surface area contributed by atoms with Crippen molar-refractivity contribution in [3.8, 4) is 5.88 Å². The molecule has 18 heavy (non-hydrogen) atoms. The van der Waals surface area contributed by atoms with Crippen molar-refractivity contribution in [2.24, 2.45) is 5.92 Å². The predicted molar refractivity (Wildman–Crippen MR) is 73.9 cm³/mol. The van der Waals surface area contributed by atoms with Crippen LogP contribution in [0, 0.1) is 5.92 Å². The fraction of sp³-hybridized carbons (Fsp3) is 0.615. The molecule has 0 aromatic carbocycles. The lowest BCUT2D eigenvalue weighted by atomic mass is 9.97. The third-order valence-electron chi connectivity index (χ3n) is 3.51. The van der Waals surface area contributed by atoms with Crippen molar-refractivity contribution in [2.75, 3.05) is 44.8 Å². The van der Waals surface area contributed by atoms with Gasteiger partial charge in [0, 0.05) is 12.6 Å². The molecule has 0 radical (unpaired) electrons. The Labute approximate surface area is 108 Å². The highest BCUT2D eigenvalue weighted by molar-refractivity contribution is 5.61. The highest BCUT2D eigenvalue weighted by atomic mass is 16.5. The van der Waals surface area contributed by atoms with E-state index in [9.17, 15) is 0 Å². The molecular formula is C13H22N4O. The molecule has 5 heteroatoms. The van der Waals surface area contributed by atoms with Gasteiger partial charge in [-0.05, 0) is 45.0 Å². The van der Waals surface area contributed by atoms with E-state index in [2.05, 4.69) is 22.2 Å². The summed E-state index contributed by atoms with van der Waals surface area (Å²) in [6.45, 7) is 3.28. The van der Waals surface area contributed by atoms with E-state index in [0.717, 1.165) is 12.4 Å². The maximum Gasteiger partial charge on any atom is 0.215 e. The van der Waals surface area contributed by atoms with Crippen LogP contribution in [-0.4, -0.2) is 43.7 Å². The topological polar surface area (TPSA) is 63.4 Å². The lowest BCUT2D eigenvalue weighted by molar-refractivity contribution is 0.226. The largest absolute Gasteiger partial charge is 0.481 e. The molecule has 1 aliphatic rings. The van der Waals surface area contributed by atoms with Crippen LogP contribution < -0.4 is 15.8 Å². The minimum atomic E-state index is 0.593. The Balaban J connectivity index is 1.89. The number of aromatic nitrogens is 1. The summed E-state index contributed by atoms with van der Waals surface area (Å²) in [6, 6.07) is 3.60. The summed E-state index contributed by atoms with van der Waals surface area (Å²) in [6.07, 6.45) is 2.46. The Hall–Kier alpha value is -1.49. The van der Waals surface area contributed by atoms with Crippen LogP contribution in [0.4, 0.5) is 11.5 Å². The predicted octanol–water partition coefficient (Wildman–Crippen LogP) is 1.43. The van der Waals surface area contributed by atoms with E-state index < -0.39 is 0 Å². The van der Waals surface area contributed by atoms with Gasteiger partial charge in [-0.25, -0.2) is 0 Å². The summed E-state index contributed by atoms with van der Waals surface area (Å²) >= 11 is 0. The van der Waals surface area contributed by atoms with Crippen molar-refractivity contribution in [1.29, 1.82) is 0 Å². The molecule has 1 aromatic rings. The van der Waals surface area contributed by atoms with Crippen LogP contribution >= 0.6 is 0 Å². The number of ether oxygens (including phenoxy) is 1. The van der Waals surface area contributed by atoms with Gasteiger partial charge in [-0.3, -0.25) is 0 Å². The average Bonchev–Trinajstić information content (AvgIpc) is 2.40. The number of piperidine rings is 1. The molecule has 0 unspecified atom stereocenters. The van der Waals surface area contributed by atoms with Crippen molar-refractivity contribution in [1.82, 2.24) is 9.88 Å². The van der Waals surface area contributed by atoms with Crippen molar-refractivity contribution < 1.29 is 4.74 Å². The van der Waals surface area contributed by atoms with E-state index in [1.165, 1.54) is 25.9 Å². The average molecular weight is 250 g/mol. The summed E-state index contributed by atoms with van der Waals surface area (Å²) in [5.74, 6) is 2.02. The van der Waals surface area contributed by atoms with Crippen molar-refractivity contribution in [3.05, 3.63) is 12.1 Å². The molecule has 2 heterocycles. The fourth-order valence-electron chi connectivity index (χ4n) is 2.21. The number of nitrogens with zero attached hydrogens (tertiary/aromatic N) is 2. The van der Waals surface area contributed by atoms with Gasteiger partial charge in [0.25, 0.3) is 0 Å². The number of likely N-dealkylation sites (tertiary alicyclic amines) is 1. The van der Waals surface area contributed by atoms with Gasteiger partial charge in [-0.15, -0.1) is 0 Å². The van der Waals surface area contributed by atoms with Gasteiger partial charge < -0.3 is 20.7 Å². The van der Waals surface area contributed by atoms with Gasteiger partial charge in [0.1, 0.15) is 0 Å². The standard InChI is InChI=1S/C13H22N4O/c1-17-7-5-10(6-8-17)9-15-13-11(14)3-4-12(16-13)18-2/h3-4,10H,5-9,14H2,1-2H3,(H,15,16). The molecule has 0 saturated carbocycles. The number of pyridine rings is 1. The van der Waals surface area contributed by atoms with Gasteiger partial charge in [0.05, 0.1) is 12.8 Å². The second kappa shape index (κ2) is 5.91. The van der Waals surface area contributed by atoms with Gasteiger partial charge in [0.2, 0.25) is 5.88 Å². The van der Waals surface area contributed by atoms with Gasteiger partial charge >= 0.3 is 0 Å². The molecule has 0 aliphatic carbocycles. The summed E-state index contributed by atoms with van der Waals surface area (Å²) in [5, 5.41) is 3.34. The number of nitrogens with two attached hydrogens (primary N) is 1. The molecule has 0 bridgehead atoms. The first-order valence-electron chi connectivity index (χ1n) is 6.42. The van der Waals surface area contributed by atoms with Crippen LogP contribution in [-0.2, 0) is 0 Å². The fourth-order valence-corrected chi connectivity index (χ4v) is 2.21. The Kier molecular flexibility index (Phi) is 4.25. The first kappa shape index (κ1) is 13.0. The number of methoxy groups -OCH3 is 1. The number of nitrogen functional groups attached to an aromatic ring is 1. The summed E-state index contributed by atoms with van der Waals surface area (Å²) in [5.41, 5.74) is 6.56. The van der Waals surface area contributed by atoms with E-state index in [1.54, 1.807) is 13.2 Å². The molecule has 3 N–H and O–H groups in total. The molecule has 2 rings (SSSR count). The van der Waals surface area contributed by atoms with Gasteiger partial charge in [0.15, 0.2) is 5.82 Å². The summed E-state index contributed by atoms with van der Waals surface area (Å²) in [7, 11) is 3.78. The van der Waals surface area contributed by atoms with E-state index in [0.29, 0.717) is 17.5 Å². The summed E-state index contributed by atoms with van der Waals surface area (Å²) < 4.78 is 5.10. The second-order valence-corrected chi connectivity index (χ2v) is 4.92. The third-order valence-corrected chi connectivity index (χ3v) is 3.51. The minimum Gasteiger partial charge on any atom is -0.481 e. The highest BCUT2D eigenvalue weighted by Gasteiger charge is 2.16. The Morgan fingerprint density at radius 3 is 2.83 bits per heavy atom. The van der Waals surface area contributed by atoms with Crippen LogP contribution in [0.2, 0.25) is 0 Å². The molecule has 1 aliphatic heterocycles.